The van der Waals surface area contributed by atoms with E-state index < -0.39 is 5.60 Å². The summed E-state index contributed by atoms with van der Waals surface area (Å²) in [5, 5.41) is 6.71. The number of hydrogen-bond acceptors (Lipinski definition) is 4. The molecule has 5 heteroatoms. The Morgan fingerprint density at radius 3 is 2.35 bits per heavy atom. The van der Waals surface area contributed by atoms with Gasteiger partial charge in [0.05, 0.1) is 18.8 Å². The molecule has 2 atom stereocenters. The number of rotatable bonds is 11. The van der Waals surface area contributed by atoms with E-state index in [4.69, 9.17) is 9.47 Å². The Hall–Kier alpha value is -1.59. The highest BCUT2D eigenvalue weighted by atomic mass is 16.6. The topological polar surface area (TPSA) is 59.6 Å². The molecule has 0 heterocycles. The lowest BCUT2D eigenvalue weighted by atomic mass is 9.83. The average Bonchev–Trinajstić information content (AvgIpc) is 2.70. The summed E-state index contributed by atoms with van der Waals surface area (Å²) in [6, 6.07) is 10.2. The van der Waals surface area contributed by atoms with E-state index in [-0.39, 0.29) is 18.2 Å². The van der Waals surface area contributed by atoms with Crippen molar-refractivity contribution in [3.63, 3.8) is 0 Å². The number of alkyl carbamates (subject to hydrolysis) is 1. The molecule has 0 radical (unpaired) electrons. The number of amides is 1. The summed E-state index contributed by atoms with van der Waals surface area (Å²) in [5.41, 5.74) is 0.625. The predicted molar refractivity (Wildman–Crippen MR) is 127 cm³/mol. The van der Waals surface area contributed by atoms with Gasteiger partial charge in [-0.15, -0.1) is 0 Å². The van der Waals surface area contributed by atoms with Crippen LogP contribution in [0.3, 0.4) is 0 Å². The zero-order chi connectivity index (χ0) is 22.7. The van der Waals surface area contributed by atoms with Gasteiger partial charge in [-0.3, -0.25) is 0 Å². The van der Waals surface area contributed by atoms with Crippen molar-refractivity contribution in [3.05, 3.63) is 35.9 Å². The lowest BCUT2D eigenvalue weighted by Gasteiger charge is -2.33. The molecule has 1 amide bonds. The molecule has 0 aromatic heterocycles. The van der Waals surface area contributed by atoms with Crippen LogP contribution >= 0.6 is 0 Å². The van der Waals surface area contributed by atoms with Crippen LogP contribution in [0.1, 0.15) is 78.7 Å². The highest BCUT2D eigenvalue weighted by Gasteiger charge is 2.29. The lowest BCUT2D eigenvalue weighted by Crippen LogP contribution is -2.51. The number of carbonyl (C=O) groups is 1. The minimum absolute atomic E-state index is 0.0821. The molecule has 1 aromatic rings. The second kappa shape index (κ2) is 13.1. The first-order chi connectivity index (χ1) is 14.7. The summed E-state index contributed by atoms with van der Waals surface area (Å²) < 4.78 is 12.0. The number of benzene rings is 1. The molecule has 1 saturated carbocycles. The summed E-state index contributed by atoms with van der Waals surface area (Å²) in [6.07, 6.45) is 6.82. The van der Waals surface area contributed by atoms with Crippen molar-refractivity contribution in [1.29, 1.82) is 0 Å². The zero-order valence-electron chi connectivity index (χ0n) is 20.3. The molecule has 1 aliphatic carbocycles. The molecular formula is C26H44N2O3. The van der Waals surface area contributed by atoms with Crippen molar-refractivity contribution in [2.45, 2.75) is 97.5 Å². The van der Waals surface area contributed by atoms with Gasteiger partial charge in [-0.1, -0.05) is 76.3 Å². The normalized spacial score (nSPS) is 17.4. The van der Waals surface area contributed by atoms with Gasteiger partial charge in [-0.05, 0) is 51.1 Å². The molecule has 5 nitrogen and oxygen atoms in total. The summed E-state index contributed by atoms with van der Waals surface area (Å²) in [7, 11) is 0. The van der Waals surface area contributed by atoms with Gasteiger partial charge in [0.1, 0.15) is 5.60 Å². The van der Waals surface area contributed by atoms with Gasteiger partial charge >= 0.3 is 6.09 Å². The largest absolute Gasteiger partial charge is 0.444 e. The predicted octanol–water partition coefficient (Wildman–Crippen LogP) is 5.68. The van der Waals surface area contributed by atoms with Crippen LogP contribution in [0.4, 0.5) is 4.79 Å². The molecule has 1 fully saturated rings. The van der Waals surface area contributed by atoms with Gasteiger partial charge in [0.2, 0.25) is 0 Å². The fourth-order valence-corrected chi connectivity index (χ4v) is 4.15. The molecule has 31 heavy (non-hydrogen) atoms. The number of ether oxygens (including phenoxy) is 2. The molecule has 1 aromatic carbocycles. The third kappa shape index (κ3) is 11.0. The summed E-state index contributed by atoms with van der Waals surface area (Å²) >= 11 is 0. The van der Waals surface area contributed by atoms with E-state index in [2.05, 4.69) is 36.6 Å². The molecule has 176 valence electrons. The number of carbonyl (C=O) groups excluding carboxylic acids is 1. The van der Waals surface area contributed by atoms with E-state index in [1.807, 2.05) is 39.0 Å². The van der Waals surface area contributed by atoms with Crippen LogP contribution in [0.25, 0.3) is 0 Å². The minimum Gasteiger partial charge on any atom is -0.444 e. The Morgan fingerprint density at radius 2 is 1.74 bits per heavy atom. The van der Waals surface area contributed by atoms with Crippen LogP contribution in [-0.2, 0) is 16.1 Å². The molecule has 1 aliphatic rings. The lowest BCUT2D eigenvalue weighted by molar-refractivity contribution is -0.000321. The van der Waals surface area contributed by atoms with Crippen LogP contribution in [0.2, 0.25) is 0 Å². The Morgan fingerprint density at radius 1 is 1.06 bits per heavy atom. The molecule has 2 N–H and O–H groups in total. The third-order valence-electron chi connectivity index (χ3n) is 5.67. The molecular weight excluding hydrogens is 388 g/mol. The number of hydrogen-bond donors (Lipinski definition) is 2. The van der Waals surface area contributed by atoms with Crippen LogP contribution in [-0.4, -0.2) is 36.9 Å². The molecule has 0 unspecified atom stereocenters. The fraction of sp³-hybridized carbons (Fsp3) is 0.731. The molecule has 0 saturated heterocycles. The fourth-order valence-electron chi connectivity index (χ4n) is 4.15. The first-order valence-corrected chi connectivity index (χ1v) is 12.1. The van der Waals surface area contributed by atoms with Crippen molar-refractivity contribution in [1.82, 2.24) is 10.6 Å². The van der Waals surface area contributed by atoms with Crippen molar-refractivity contribution in [3.8, 4) is 0 Å². The van der Waals surface area contributed by atoms with E-state index in [0.717, 1.165) is 18.5 Å². The number of nitrogens with one attached hydrogen (secondary N) is 2. The Labute approximate surface area is 189 Å². The van der Waals surface area contributed by atoms with Gasteiger partial charge in [0.25, 0.3) is 0 Å². The second-order valence-corrected chi connectivity index (χ2v) is 10.4. The maximum absolute atomic E-state index is 12.7. The average molecular weight is 433 g/mol. The van der Waals surface area contributed by atoms with Crippen molar-refractivity contribution in [2.24, 2.45) is 11.8 Å². The Kier molecular flexibility index (Phi) is 10.8. The molecule has 2 rings (SSSR count). The van der Waals surface area contributed by atoms with E-state index in [9.17, 15) is 4.79 Å². The van der Waals surface area contributed by atoms with Crippen LogP contribution in [0.5, 0.6) is 0 Å². The summed E-state index contributed by atoms with van der Waals surface area (Å²) in [4.78, 5) is 12.7. The maximum Gasteiger partial charge on any atom is 0.407 e. The highest BCUT2D eigenvalue weighted by molar-refractivity contribution is 5.68. The van der Waals surface area contributed by atoms with Gasteiger partial charge < -0.3 is 20.1 Å². The Bertz CT molecular complexity index is 621. The van der Waals surface area contributed by atoms with Crippen LogP contribution in [0, 0.1) is 11.8 Å². The van der Waals surface area contributed by atoms with Crippen molar-refractivity contribution >= 4 is 6.09 Å². The van der Waals surface area contributed by atoms with Crippen LogP contribution < -0.4 is 10.6 Å². The van der Waals surface area contributed by atoms with E-state index in [1.54, 1.807) is 0 Å². The highest BCUT2D eigenvalue weighted by Crippen LogP contribution is 2.28. The van der Waals surface area contributed by atoms with E-state index >= 15 is 0 Å². The quantitative estimate of drug-likeness (QED) is 0.472. The van der Waals surface area contributed by atoms with E-state index in [0.29, 0.717) is 25.0 Å². The first kappa shape index (κ1) is 25.7. The molecule has 0 bridgehead atoms. The molecule has 0 aliphatic heterocycles. The summed E-state index contributed by atoms with van der Waals surface area (Å²) in [6.45, 7) is 12.3. The minimum atomic E-state index is -0.518. The van der Waals surface area contributed by atoms with Crippen molar-refractivity contribution < 1.29 is 14.3 Å². The second-order valence-electron chi connectivity index (χ2n) is 10.4. The standard InChI is InChI=1S/C26H44N2O3/c1-20(2)17-27-18-24(30-19-22-14-10-7-11-15-22)23(16-21-12-8-6-9-13-21)28-25(29)31-26(3,4)5/h7,10-11,14-15,20-21,23-24,27H,6,8-9,12-13,16-19H2,1-5H3,(H,28,29)/t23-,24+/m1/s1. The smallest absolute Gasteiger partial charge is 0.407 e. The SMILES string of the molecule is CC(C)CNC[C@H](OCc1ccccc1)[C@@H](CC1CCCCC1)NC(=O)OC(C)(C)C. The van der Waals surface area contributed by atoms with Crippen molar-refractivity contribution in [2.75, 3.05) is 13.1 Å². The van der Waals surface area contributed by atoms with Crippen LogP contribution in [0.15, 0.2) is 30.3 Å². The zero-order valence-corrected chi connectivity index (χ0v) is 20.3. The van der Waals surface area contributed by atoms with Gasteiger partial charge in [-0.2, -0.15) is 0 Å². The Balaban J connectivity index is 2.10. The van der Waals surface area contributed by atoms with Gasteiger partial charge in [0.15, 0.2) is 0 Å². The van der Waals surface area contributed by atoms with Gasteiger partial charge in [-0.25, -0.2) is 4.79 Å². The third-order valence-corrected chi connectivity index (χ3v) is 5.67. The molecule has 0 spiro atoms. The maximum atomic E-state index is 12.7. The van der Waals surface area contributed by atoms with Gasteiger partial charge in [0, 0.05) is 6.54 Å². The summed E-state index contributed by atoms with van der Waals surface area (Å²) in [5.74, 6) is 1.19. The first-order valence-electron chi connectivity index (χ1n) is 12.1. The van der Waals surface area contributed by atoms with E-state index in [1.165, 1.54) is 32.1 Å². The monoisotopic (exact) mass is 432 g/mol.